The fraction of sp³-hybridized carbons (Fsp3) is 0.176. The summed E-state index contributed by atoms with van der Waals surface area (Å²) < 4.78 is 9.97. The lowest BCUT2D eigenvalue weighted by Crippen LogP contribution is -2.08. The summed E-state index contributed by atoms with van der Waals surface area (Å²) in [6.45, 7) is 4.14. The molecule has 0 radical (unpaired) electrons. The summed E-state index contributed by atoms with van der Waals surface area (Å²) in [7, 11) is 2.54. The number of halogens is 5. The normalized spacial score (nSPS) is 9.76. The van der Waals surface area contributed by atoms with Gasteiger partial charge in [0.1, 0.15) is 10.3 Å². The summed E-state index contributed by atoms with van der Waals surface area (Å²) in [5.41, 5.74) is 0.877. The predicted octanol–water partition coefficient (Wildman–Crippen LogP) is 5.82. The molecule has 2 heterocycles. The second kappa shape index (κ2) is 12.3. The van der Waals surface area contributed by atoms with Gasteiger partial charge in [0.25, 0.3) is 0 Å². The van der Waals surface area contributed by atoms with Crippen molar-refractivity contribution in [2.24, 2.45) is 0 Å². The number of rotatable bonds is 5. The molecule has 2 aromatic heterocycles. The van der Waals surface area contributed by atoms with Gasteiger partial charge in [0.2, 0.25) is 0 Å². The van der Waals surface area contributed by atoms with Gasteiger partial charge in [-0.25, -0.2) is 19.6 Å². The van der Waals surface area contributed by atoms with Gasteiger partial charge in [-0.1, -0.05) is 40.9 Å². The van der Waals surface area contributed by atoms with E-state index in [2.05, 4.69) is 63.2 Å². The molecule has 7 nitrogen and oxygen atoms in total. The average molecular weight is 590 g/mol. The van der Waals surface area contributed by atoms with Crippen molar-refractivity contribution in [2.75, 3.05) is 26.1 Å². The van der Waals surface area contributed by atoms with Crippen molar-refractivity contribution in [3.8, 4) is 0 Å². The molecular formula is C17H14Br2Cl3N3O4. The van der Waals surface area contributed by atoms with Gasteiger partial charge in [-0.05, 0) is 44.0 Å². The highest BCUT2D eigenvalue weighted by molar-refractivity contribution is 9.11. The van der Waals surface area contributed by atoms with Crippen LogP contribution in [-0.2, 0) is 9.47 Å². The molecule has 0 spiro atoms. The van der Waals surface area contributed by atoms with Crippen LogP contribution in [0.3, 0.4) is 0 Å². The molecule has 1 N–H and O–H groups in total. The summed E-state index contributed by atoms with van der Waals surface area (Å²) in [6, 6.07) is 3.04. The van der Waals surface area contributed by atoms with E-state index >= 15 is 0 Å². The minimum absolute atomic E-state index is 0.0694. The topological polar surface area (TPSA) is 90.4 Å². The summed E-state index contributed by atoms with van der Waals surface area (Å²) >= 11 is 23.5. The molecule has 0 unspecified atom stereocenters. The first-order valence-electron chi connectivity index (χ1n) is 7.55. The number of esters is 2. The van der Waals surface area contributed by atoms with Crippen LogP contribution in [-0.4, -0.2) is 42.7 Å². The lowest BCUT2D eigenvalue weighted by Gasteiger charge is -2.09. The van der Waals surface area contributed by atoms with Gasteiger partial charge in [0, 0.05) is 6.54 Å². The number of ether oxygens (including phenoxy) is 2. The number of aromatic nitrogens is 2. The van der Waals surface area contributed by atoms with E-state index in [0.29, 0.717) is 26.2 Å². The Morgan fingerprint density at radius 3 is 2.00 bits per heavy atom. The highest BCUT2D eigenvalue weighted by Crippen LogP contribution is 2.29. The van der Waals surface area contributed by atoms with E-state index in [1.165, 1.54) is 20.3 Å². The molecule has 156 valence electrons. The third kappa shape index (κ3) is 7.42. The Labute approximate surface area is 199 Å². The first kappa shape index (κ1) is 25.6. The molecule has 29 heavy (non-hydrogen) atoms. The maximum Gasteiger partial charge on any atom is 0.357 e. The maximum absolute atomic E-state index is 11.4. The average Bonchev–Trinajstić information content (AvgIpc) is 2.70. The molecule has 0 atom stereocenters. The van der Waals surface area contributed by atoms with Crippen molar-refractivity contribution in [2.45, 2.75) is 0 Å². The molecule has 0 amide bonds. The second-order valence-corrected chi connectivity index (χ2v) is 7.66. The van der Waals surface area contributed by atoms with Crippen molar-refractivity contribution >= 4 is 84.3 Å². The van der Waals surface area contributed by atoms with E-state index in [9.17, 15) is 9.59 Å². The zero-order valence-corrected chi connectivity index (χ0v) is 20.5. The minimum Gasteiger partial charge on any atom is -0.464 e. The summed E-state index contributed by atoms with van der Waals surface area (Å²) in [6.07, 6.45) is 1.69. The minimum atomic E-state index is -0.587. The van der Waals surface area contributed by atoms with E-state index in [1.54, 1.807) is 12.1 Å². The SMILES string of the molecule is C=CCNc1cc(Cl)nc(C(=O)OC)c1Br.COC(=O)c1nc(Cl)cc(Cl)c1Br. The highest BCUT2D eigenvalue weighted by Gasteiger charge is 2.17. The van der Waals surface area contributed by atoms with Gasteiger partial charge in [-0.15, -0.1) is 6.58 Å². The van der Waals surface area contributed by atoms with Crippen molar-refractivity contribution in [3.63, 3.8) is 0 Å². The Morgan fingerprint density at radius 1 is 1.03 bits per heavy atom. The standard InChI is InChI=1S/C10H10BrClN2O2.C7H4BrCl2NO2/c1-3-4-13-6-5-7(12)14-9(8(6)11)10(15)16-2;1-13-7(12)6-5(8)3(9)2-4(10)11-6/h3,5H,1,4H2,2H3,(H,13,14);2H,1H3. The number of methoxy groups -OCH3 is 2. The first-order valence-corrected chi connectivity index (χ1v) is 10.3. The zero-order valence-electron chi connectivity index (χ0n) is 15.1. The third-order valence-electron chi connectivity index (χ3n) is 3.00. The molecule has 0 saturated carbocycles. The van der Waals surface area contributed by atoms with Gasteiger partial charge >= 0.3 is 11.9 Å². The third-order valence-corrected chi connectivity index (χ3v) is 5.52. The van der Waals surface area contributed by atoms with E-state index < -0.39 is 11.9 Å². The number of anilines is 1. The molecule has 0 aliphatic heterocycles. The van der Waals surface area contributed by atoms with Gasteiger partial charge in [0.15, 0.2) is 11.4 Å². The van der Waals surface area contributed by atoms with Crippen LogP contribution in [0.15, 0.2) is 33.7 Å². The Morgan fingerprint density at radius 2 is 1.52 bits per heavy atom. The van der Waals surface area contributed by atoms with E-state index in [0.717, 1.165) is 0 Å². The molecule has 0 bridgehead atoms. The van der Waals surface area contributed by atoms with Crippen LogP contribution in [0.5, 0.6) is 0 Å². The summed E-state index contributed by atoms with van der Waals surface area (Å²) in [4.78, 5) is 30.2. The van der Waals surface area contributed by atoms with E-state index in [-0.39, 0.29) is 21.7 Å². The summed E-state index contributed by atoms with van der Waals surface area (Å²) in [5.74, 6) is -1.13. The Kier molecular flexibility index (Phi) is 10.9. The van der Waals surface area contributed by atoms with Crippen LogP contribution in [0.1, 0.15) is 21.0 Å². The number of nitrogens with one attached hydrogen (secondary N) is 1. The number of pyridine rings is 2. The summed E-state index contributed by atoms with van der Waals surface area (Å²) in [5, 5.41) is 3.71. The van der Waals surface area contributed by atoms with Gasteiger partial charge in [0.05, 0.1) is 33.9 Å². The van der Waals surface area contributed by atoms with Crippen molar-refractivity contribution < 1.29 is 19.1 Å². The Balaban J connectivity index is 0.000000296. The molecule has 0 aliphatic rings. The van der Waals surface area contributed by atoms with Gasteiger partial charge in [-0.2, -0.15) is 0 Å². The highest BCUT2D eigenvalue weighted by atomic mass is 79.9. The molecular weight excluding hydrogens is 576 g/mol. The van der Waals surface area contributed by atoms with Crippen LogP contribution >= 0.6 is 66.7 Å². The number of nitrogens with zero attached hydrogens (tertiary/aromatic N) is 2. The van der Waals surface area contributed by atoms with Crippen LogP contribution in [0.2, 0.25) is 15.3 Å². The Hall–Kier alpha value is -1.39. The lowest BCUT2D eigenvalue weighted by molar-refractivity contribution is 0.0584. The van der Waals surface area contributed by atoms with Gasteiger partial charge < -0.3 is 14.8 Å². The molecule has 2 aromatic rings. The smallest absolute Gasteiger partial charge is 0.357 e. The number of carbonyl (C=O) groups is 2. The molecule has 2 rings (SSSR count). The van der Waals surface area contributed by atoms with Crippen LogP contribution in [0.25, 0.3) is 0 Å². The lowest BCUT2D eigenvalue weighted by atomic mass is 10.3. The largest absolute Gasteiger partial charge is 0.464 e. The molecule has 0 saturated heterocycles. The number of hydrogen-bond donors (Lipinski definition) is 1. The molecule has 0 fully saturated rings. The Bertz CT molecular complexity index is 929. The second-order valence-electron chi connectivity index (χ2n) is 4.90. The van der Waals surface area contributed by atoms with Crippen LogP contribution in [0, 0.1) is 0 Å². The predicted molar refractivity (Wildman–Crippen MR) is 120 cm³/mol. The zero-order chi connectivity index (χ0) is 22.1. The van der Waals surface area contributed by atoms with Crippen LogP contribution in [0.4, 0.5) is 5.69 Å². The quantitative estimate of drug-likeness (QED) is 0.267. The van der Waals surface area contributed by atoms with Crippen molar-refractivity contribution in [3.05, 3.63) is 60.4 Å². The van der Waals surface area contributed by atoms with Crippen LogP contribution < -0.4 is 5.32 Å². The van der Waals surface area contributed by atoms with E-state index in [4.69, 9.17) is 34.8 Å². The van der Waals surface area contributed by atoms with E-state index in [1.807, 2.05) is 0 Å². The molecule has 0 aliphatic carbocycles. The number of carbonyl (C=O) groups excluding carboxylic acids is 2. The molecule has 12 heteroatoms. The first-order chi connectivity index (χ1) is 13.7. The monoisotopic (exact) mass is 587 g/mol. The van der Waals surface area contributed by atoms with Gasteiger partial charge in [-0.3, -0.25) is 0 Å². The maximum atomic E-state index is 11.4. The van der Waals surface area contributed by atoms with Crippen molar-refractivity contribution in [1.82, 2.24) is 9.97 Å². The number of hydrogen-bond acceptors (Lipinski definition) is 7. The fourth-order valence-electron chi connectivity index (χ4n) is 1.74. The fourth-order valence-corrected chi connectivity index (χ4v) is 3.25. The molecule has 0 aromatic carbocycles. The van der Waals surface area contributed by atoms with Crippen molar-refractivity contribution in [1.29, 1.82) is 0 Å².